The van der Waals surface area contributed by atoms with Crippen molar-refractivity contribution in [3.63, 3.8) is 0 Å². The highest BCUT2D eigenvalue weighted by atomic mass is 16.1. The molecule has 0 heterocycles. The van der Waals surface area contributed by atoms with Gasteiger partial charge >= 0.3 is 0 Å². The molecular weight excluding hydrogens is 100 g/mol. The van der Waals surface area contributed by atoms with E-state index in [4.69, 9.17) is 0 Å². The lowest BCUT2D eigenvalue weighted by Gasteiger charge is -1.82. The van der Waals surface area contributed by atoms with Crippen LogP contribution >= 0.6 is 0 Å². The first-order chi connectivity index (χ1) is 3.85. The van der Waals surface area contributed by atoms with Crippen LogP contribution in [-0.2, 0) is 4.79 Å². The third-order valence-electron chi connectivity index (χ3n) is 0.880. The summed E-state index contributed by atoms with van der Waals surface area (Å²) in [5.74, 6) is 1.83. The molecule has 44 valence electrons. The summed E-state index contributed by atoms with van der Waals surface area (Å²) in [5.41, 5.74) is 0.729. The lowest BCUT2D eigenvalue weighted by Crippen LogP contribution is -1.71. The van der Waals surface area contributed by atoms with E-state index in [-0.39, 0.29) is 0 Å². The van der Waals surface area contributed by atoms with E-state index in [0.29, 0.717) is 0 Å². The molecule has 0 N–H and O–H groups in total. The number of carbonyl (C=O) groups excluding carboxylic acids is 1. The SMILES string of the molecule is C/C=C/C(=C=O)CC. The standard InChI is InChI=1S/C7H10O/c1-3-5-7(4-2)6-8/h3,5H,4H2,1-2H3/b5-3+. The number of rotatable bonds is 2. The normalized spacial score (nSPS) is 9.25. The highest BCUT2D eigenvalue weighted by Crippen LogP contribution is 1.94. The van der Waals surface area contributed by atoms with Crippen molar-refractivity contribution in [2.45, 2.75) is 20.3 Å². The Morgan fingerprint density at radius 2 is 2.38 bits per heavy atom. The molecule has 0 aromatic rings. The molecule has 0 radical (unpaired) electrons. The fourth-order valence-corrected chi connectivity index (χ4v) is 0.425. The zero-order valence-corrected chi connectivity index (χ0v) is 5.27. The summed E-state index contributed by atoms with van der Waals surface area (Å²) in [4.78, 5) is 9.91. The van der Waals surface area contributed by atoms with Gasteiger partial charge in [0.25, 0.3) is 0 Å². The van der Waals surface area contributed by atoms with E-state index in [0.717, 1.165) is 12.0 Å². The van der Waals surface area contributed by atoms with Crippen molar-refractivity contribution < 1.29 is 4.79 Å². The van der Waals surface area contributed by atoms with Crippen LogP contribution in [0.2, 0.25) is 0 Å². The third-order valence-corrected chi connectivity index (χ3v) is 0.880. The molecule has 0 saturated heterocycles. The second-order valence-corrected chi connectivity index (χ2v) is 1.48. The van der Waals surface area contributed by atoms with Crippen LogP contribution in [-0.4, -0.2) is 5.94 Å². The van der Waals surface area contributed by atoms with Gasteiger partial charge in [-0.05, 0) is 13.3 Å². The van der Waals surface area contributed by atoms with Crippen molar-refractivity contribution in [3.05, 3.63) is 17.7 Å². The fraction of sp³-hybridized carbons (Fsp3) is 0.429. The molecule has 0 amide bonds. The molecule has 1 nitrogen and oxygen atoms in total. The minimum Gasteiger partial charge on any atom is -0.233 e. The summed E-state index contributed by atoms with van der Waals surface area (Å²) in [5, 5.41) is 0. The molecule has 0 aromatic heterocycles. The van der Waals surface area contributed by atoms with Gasteiger partial charge < -0.3 is 0 Å². The Hall–Kier alpha value is -0.810. The second-order valence-electron chi connectivity index (χ2n) is 1.48. The van der Waals surface area contributed by atoms with Gasteiger partial charge in [0.15, 0.2) is 0 Å². The van der Waals surface area contributed by atoms with Gasteiger partial charge in [0.2, 0.25) is 0 Å². The van der Waals surface area contributed by atoms with Crippen LogP contribution in [0.3, 0.4) is 0 Å². The predicted octanol–water partition coefficient (Wildman–Crippen LogP) is 1.73. The third kappa shape index (κ3) is 2.38. The van der Waals surface area contributed by atoms with Gasteiger partial charge in [-0.1, -0.05) is 19.1 Å². The Balaban J connectivity index is 3.92. The van der Waals surface area contributed by atoms with E-state index in [2.05, 4.69) is 0 Å². The highest BCUT2D eigenvalue weighted by molar-refractivity contribution is 5.56. The van der Waals surface area contributed by atoms with E-state index in [1.807, 2.05) is 25.9 Å². The van der Waals surface area contributed by atoms with Gasteiger partial charge in [-0.3, -0.25) is 0 Å². The van der Waals surface area contributed by atoms with Gasteiger partial charge in [-0.25, -0.2) is 4.79 Å². The van der Waals surface area contributed by atoms with E-state index in [1.54, 1.807) is 6.08 Å². The summed E-state index contributed by atoms with van der Waals surface area (Å²) in [6, 6.07) is 0. The molecule has 0 unspecified atom stereocenters. The Bertz CT molecular complexity index is 127. The average Bonchev–Trinajstić information content (AvgIpc) is 1.83. The first-order valence-corrected chi connectivity index (χ1v) is 2.71. The first kappa shape index (κ1) is 7.19. The molecule has 0 fully saturated rings. The second kappa shape index (κ2) is 4.35. The molecule has 0 rings (SSSR count). The summed E-state index contributed by atoms with van der Waals surface area (Å²) < 4.78 is 0. The maximum Gasteiger partial charge on any atom is 0.127 e. The van der Waals surface area contributed by atoms with Gasteiger partial charge in [-0.2, -0.15) is 0 Å². The van der Waals surface area contributed by atoms with Crippen molar-refractivity contribution in [1.29, 1.82) is 0 Å². The summed E-state index contributed by atoms with van der Waals surface area (Å²) in [6.45, 7) is 3.81. The molecular formula is C7H10O. The van der Waals surface area contributed by atoms with Gasteiger partial charge in [0.1, 0.15) is 5.94 Å². The van der Waals surface area contributed by atoms with Crippen LogP contribution in [0, 0.1) is 0 Å². The average molecular weight is 110 g/mol. The summed E-state index contributed by atoms with van der Waals surface area (Å²) in [7, 11) is 0. The van der Waals surface area contributed by atoms with Gasteiger partial charge in [0.05, 0.1) is 0 Å². The van der Waals surface area contributed by atoms with Crippen molar-refractivity contribution in [2.24, 2.45) is 0 Å². The van der Waals surface area contributed by atoms with E-state index >= 15 is 0 Å². The van der Waals surface area contributed by atoms with Crippen molar-refractivity contribution in [2.75, 3.05) is 0 Å². The summed E-state index contributed by atoms with van der Waals surface area (Å²) >= 11 is 0. The van der Waals surface area contributed by atoms with Crippen molar-refractivity contribution >= 4 is 5.94 Å². The van der Waals surface area contributed by atoms with Crippen LogP contribution in [0.1, 0.15) is 20.3 Å². The van der Waals surface area contributed by atoms with Crippen LogP contribution in [0.4, 0.5) is 0 Å². The van der Waals surface area contributed by atoms with Crippen molar-refractivity contribution in [3.8, 4) is 0 Å². The molecule has 0 spiro atoms. The Labute approximate surface area is 49.7 Å². The Morgan fingerprint density at radius 1 is 1.75 bits per heavy atom. The minimum absolute atomic E-state index is 0.729. The maximum absolute atomic E-state index is 9.91. The quantitative estimate of drug-likeness (QED) is 0.391. The molecule has 0 bridgehead atoms. The van der Waals surface area contributed by atoms with E-state index in [1.165, 1.54) is 0 Å². The van der Waals surface area contributed by atoms with Crippen LogP contribution in [0.25, 0.3) is 0 Å². The highest BCUT2D eigenvalue weighted by Gasteiger charge is 1.82. The van der Waals surface area contributed by atoms with Gasteiger partial charge in [-0.15, -0.1) is 0 Å². The largest absolute Gasteiger partial charge is 0.233 e. The lowest BCUT2D eigenvalue weighted by atomic mass is 10.2. The molecule has 0 aliphatic carbocycles. The van der Waals surface area contributed by atoms with Gasteiger partial charge in [0, 0.05) is 5.57 Å². The minimum atomic E-state index is 0.729. The maximum atomic E-state index is 9.91. The number of allylic oxidation sites excluding steroid dienone is 3. The van der Waals surface area contributed by atoms with Crippen LogP contribution < -0.4 is 0 Å². The van der Waals surface area contributed by atoms with E-state index in [9.17, 15) is 4.79 Å². The first-order valence-electron chi connectivity index (χ1n) is 2.71. The fourth-order valence-electron chi connectivity index (χ4n) is 0.425. The number of hydrogen-bond acceptors (Lipinski definition) is 1. The summed E-state index contributed by atoms with van der Waals surface area (Å²) in [6.07, 6.45) is 4.38. The topological polar surface area (TPSA) is 17.1 Å². The molecule has 0 atom stereocenters. The molecule has 0 aliphatic heterocycles. The number of hydrogen-bond donors (Lipinski definition) is 0. The molecule has 8 heavy (non-hydrogen) atoms. The Kier molecular flexibility index (Phi) is 3.91. The zero-order chi connectivity index (χ0) is 6.41. The Morgan fingerprint density at radius 3 is 2.50 bits per heavy atom. The smallest absolute Gasteiger partial charge is 0.127 e. The predicted molar refractivity (Wildman–Crippen MR) is 34.3 cm³/mol. The van der Waals surface area contributed by atoms with Crippen molar-refractivity contribution in [1.82, 2.24) is 0 Å². The van der Waals surface area contributed by atoms with Crippen LogP contribution in [0.15, 0.2) is 17.7 Å². The van der Waals surface area contributed by atoms with E-state index < -0.39 is 0 Å². The van der Waals surface area contributed by atoms with Crippen LogP contribution in [0.5, 0.6) is 0 Å². The molecule has 0 saturated carbocycles. The molecule has 0 aliphatic rings. The molecule has 1 heteroatoms. The molecule has 0 aromatic carbocycles. The zero-order valence-electron chi connectivity index (χ0n) is 5.27. The lowest BCUT2D eigenvalue weighted by molar-refractivity contribution is 0.567. The monoisotopic (exact) mass is 110 g/mol.